The molecule has 2 aromatic rings. The molecule has 3 heterocycles. The highest BCUT2D eigenvalue weighted by molar-refractivity contribution is 7.91. The number of benzene rings is 1. The zero-order valence-electron chi connectivity index (χ0n) is 35.1. The van der Waals surface area contributed by atoms with Gasteiger partial charge < -0.3 is 29.7 Å². The number of pyridine rings is 1. The molecule has 4 aliphatic rings. The van der Waals surface area contributed by atoms with Gasteiger partial charge in [0.05, 0.1) is 18.4 Å². The number of nitrogens with zero attached hydrogens (tertiary/aromatic N) is 2. The van der Waals surface area contributed by atoms with Crippen LogP contribution in [0.15, 0.2) is 36.5 Å². The van der Waals surface area contributed by atoms with Gasteiger partial charge in [-0.15, -0.1) is 0 Å². The molecule has 6 rings (SSSR count). The van der Waals surface area contributed by atoms with Gasteiger partial charge in [0.15, 0.2) is 11.6 Å². The number of allylic oxidation sites excluding steroid dienone is 1. The summed E-state index contributed by atoms with van der Waals surface area (Å²) in [5.41, 5.74) is -2.42. The van der Waals surface area contributed by atoms with Crippen molar-refractivity contribution in [1.82, 2.24) is 25.2 Å². The summed E-state index contributed by atoms with van der Waals surface area (Å²) in [6.45, 7) is 14.7. The largest absolute Gasteiger partial charge is 0.494 e. The van der Waals surface area contributed by atoms with Crippen molar-refractivity contribution >= 4 is 44.6 Å². The SMILES string of the molecule is CC.CCC1(S(=O)(=O)NC(=O)[C@@]23C[C@H]2/C=C\CC[C@@H](C)C[C@@H](C)[C@H](NC(=O)OC(C)(C)C)C(=O)N2C[C@H](Oc4nccc5cc(OC)c(F)cc45)C[C@H]2C(=O)N3)CC1.[HH].[HH].[HH]. The van der Waals surface area contributed by atoms with Crippen molar-refractivity contribution in [2.45, 2.75) is 141 Å². The molecule has 2 saturated carbocycles. The average Bonchev–Trinajstić information content (AvgIpc) is 4.06. The Bertz CT molecular complexity index is 2030. The van der Waals surface area contributed by atoms with E-state index in [-0.39, 0.29) is 47.1 Å². The molecule has 0 bridgehead atoms. The fourth-order valence-corrected chi connectivity index (χ4v) is 9.74. The fraction of sp³-hybridized carbons (Fsp3) is 0.643. The van der Waals surface area contributed by atoms with Gasteiger partial charge in [0.2, 0.25) is 27.7 Å². The van der Waals surface area contributed by atoms with Crippen LogP contribution in [0.4, 0.5) is 9.18 Å². The Morgan fingerprint density at radius 1 is 1.14 bits per heavy atom. The lowest BCUT2D eigenvalue weighted by atomic mass is 9.88. The second-order valence-electron chi connectivity index (χ2n) is 17.0. The van der Waals surface area contributed by atoms with E-state index in [0.717, 1.165) is 6.42 Å². The van der Waals surface area contributed by atoms with Crippen LogP contribution < -0.4 is 24.8 Å². The van der Waals surface area contributed by atoms with Crippen LogP contribution in [0.3, 0.4) is 0 Å². The number of hydrogen-bond donors (Lipinski definition) is 3. The molecule has 0 radical (unpaired) electrons. The number of ether oxygens (including phenoxy) is 3. The Morgan fingerprint density at radius 2 is 1.84 bits per heavy atom. The lowest BCUT2D eigenvalue weighted by Crippen LogP contribution is -2.59. The van der Waals surface area contributed by atoms with Crippen LogP contribution in [0.2, 0.25) is 0 Å². The van der Waals surface area contributed by atoms with Gasteiger partial charge in [0, 0.05) is 28.2 Å². The highest BCUT2D eigenvalue weighted by Crippen LogP contribution is 2.49. The number of methoxy groups -OCH3 is 1. The molecular weight excluding hydrogens is 770 g/mol. The Hall–Kier alpha value is -4.47. The summed E-state index contributed by atoms with van der Waals surface area (Å²) in [7, 11) is -2.68. The van der Waals surface area contributed by atoms with Crippen molar-refractivity contribution in [3.63, 3.8) is 0 Å². The van der Waals surface area contributed by atoms with Gasteiger partial charge in [0.25, 0.3) is 5.91 Å². The summed E-state index contributed by atoms with van der Waals surface area (Å²) in [5, 5.41) is 6.59. The molecular formula is C42H66FN5O9S. The summed E-state index contributed by atoms with van der Waals surface area (Å²) in [5.74, 6) is -3.31. The Balaban J connectivity index is 0.00000252. The molecule has 3 fully saturated rings. The smallest absolute Gasteiger partial charge is 0.408 e. The minimum absolute atomic E-state index is 0. The fourth-order valence-electron chi connectivity index (χ4n) is 8.08. The van der Waals surface area contributed by atoms with Crippen LogP contribution in [-0.4, -0.2) is 89.8 Å². The monoisotopic (exact) mass is 835 g/mol. The summed E-state index contributed by atoms with van der Waals surface area (Å²) < 4.78 is 60.0. The van der Waals surface area contributed by atoms with Crippen molar-refractivity contribution in [3.05, 3.63) is 42.4 Å². The molecule has 4 amide bonds. The molecule has 1 aromatic carbocycles. The first-order valence-corrected chi connectivity index (χ1v) is 21.9. The van der Waals surface area contributed by atoms with Crippen LogP contribution >= 0.6 is 0 Å². The maximum Gasteiger partial charge on any atom is 0.408 e. The first kappa shape index (κ1) is 44.6. The van der Waals surface area contributed by atoms with E-state index >= 15 is 0 Å². The number of aromatic nitrogens is 1. The number of amides is 4. The number of alkyl carbamates (subject to hydrolysis) is 1. The molecule has 2 aliphatic heterocycles. The third-order valence-electron chi connectivity index (χ3n) is 11.6. The molecule has 2 aliphatic carbocycles. The van der Waals surface area contributed by atoms with Crippen LogP contribution in [0.1, 0.15) is 111 Å². The summed E-state index contributed by atoms with van der Waals surface area (Å²) in [6.07, 6.45) is 6.97. The van der Waals surface area contributed by atoms with Crippen molar-refractivity contribution in [3.8, 4) is 11.6 Å². The van der Waals surface area contributed by atoms with Crippen molar-refractivity contribution in [2.75, 3.05) is 13.7 Å². The van der Waals surface area contributed by atoms with Crippen molar-refractivity contribution in [1.29, 1.82) is 0 Å². The number of carbonyl (C=O) groups excluding carboxylic acids is 4. The molecule has 0 unspecified atom stereocenters. The van der Waals surface area contributed by atoms with Crippen LogP contribution in [0.5, 0.6) is 11.6 Å². The number of sulfonamides is 1. The second-order valence-corrected chi connectivity index (χ2v) is 19.1. The summed E-state index contributed by atoms with van der Waals surface area (Å²) in [4.78, 5) is 62.2. The molecule has 1 saturated heterocycles. The summed E-state index contributed by atoms with van der Waals surface area (Å²) >= 11 is 0. The molecule has 0 spiro atoms. The predicted molar refractivity (Wildman–Crippen MR) is 223 cm³/mol. The van der Waals surface area contributed by atoms with Gasteiger partial charge in [-0.3, -0.25) is 19.1 Å². The molecule has 1 aromatic heterocycles. The Labute approximate surface area is 345 Å². The molecule has 14 nitrogen and oxygen atoms in total. The number of fused-ring (bicyclic) bond motifs is 3. The maximum atomic E-state index is 14.9. The van der Waals surface area contributed by atoms with Gasteiger partial charge in [-0.2, -0.15) is 0 Å². The number of rotatable bonds is 8. The highest BCUT2D eigenvalue weighted by atomic mass is 32.2. The van der Waals surface area contributed by atoms with Gasteiger partial charge in [-0.25, -0.2) is 22.6 Å². The number of halogens is 1. The van der Waals surface area contributed by atoms with Gasteiger partial charge in [-0.05, 0) is 101 Å². The zero-order valence-corrected chi connectivity index (χ0v) is 36.0. The lowest BCUT2D eigenvalue weighted by Gasteiger charge is -2.33. The van der Waals surface area contributed by atoms with E-state index in [9.17, 15) is 32.0 Å². The van der Waals surface area contributed by atoms with Gasteiger partial charge in [-0.1, -0.05) is 46.8 Å². The Morgan fingerprint density at radius 3 is 2.48 bits per heavy atom. The van der Waals surface area contributed by atoms with E-state index in [1.54, 1.807) is 33.8 Å². The summed E-state index contributed by atoms with van der Waals surface area (Å²) in [6, 6.07) is 2.13. The second kappa shape index (κ2) is 17.4. The highest BCUT2D eigenvalue weighted by Gasteiger charge is 2.63. The molecule has 7 atom stereocenters. The topological polar surface area (TPSA) is 182 Å². The number of carbonyl (C=O) groups is 4. The molecule has 326 valence electrons. The van der Waals surface area contributed by atoms with E-state index < -0.39 is 79.6 Å². The number of hydrogen-bond acceptors (Lipinski definition) is 10. The van der Waals surface area contributed by atoms with Crippen molar-refractivity contribution < 1.29 is 50.5 Å². The maximum absolute atomic E-state index is 14.9. The van der Waals surface area contributed by atoms with Crippen LogP contribution in [0.25, 0.3) is 10.8 Å². The van der Waals surface area contributed by atoms with Crippen molar-refractivity contribution in [2.24, 2.45) is 17.8 Å². The quantitative estimate of drug-likeness (QED) is 0.243. The van der Waals surface area contributed by atoms with E-state index in [1.807, 2.05) is 32.9 Å². The predicted octanol–water partition coefficient (Wildman–Crippen LogP) is 6.66. The van der Waals surface area contributed by atoms with Gasteiger partial charge in [0.1, 0.15) is 29.3 Å². The van der Waals surface area contributed by atoms with E-state index in [1.165, 1.54) is 30.3 Å². The third kappa shape index (κ3) is 9.52. The lowest BCUT2D eigenvalue weighted by molar-refractivity contribution is -0.142. The van der Waals surface area contributed by atoms with Crippen LogP contribution in [-0.2, 0) is 29.1 Å². The van der Waals surface area contributed by atoms with E-state index in [0.29, 0.717) is 42.9 Å². The molecule has 58 heavy (non-hydrogen) atoms. The minimum Gasteiger partial charge on any atom is -0.494 e. The first-order chi connectivity index (χ1) is 27.3. The minimum atomic E-state index is -4.04. The number of nitrogens with one attached hydrogen (secondary N) is 3. The van der Waals surface area contributed by atoms with E-state index in [4.69, 9.17) is 14.2 Å². The first-order valence-electron chi connectivity index (χ1n) is 20.5. The third-order valence-corrected chi connectivity index (χ3v) is 13.9. The molecule has 16 heteroatoms. The normalized spacial score (nSPS) is 28.8. The standard InChI is InChI=1S/C40H54FN5O9S.C2H6.3H2/c1-8-39(14-15-39)56(51,52)45-36(49)40-21-26(40)12-10-9-11-23(2)17-24(3)32(43-37(50)55-38(4,5)6)35(48)46-22-27(19-30(46)33(47)44-40)54-34-28-20-29(41)31(53-7)18-25(28)13-16-42-34;1-2;;;/h10,12-13,16,18,20,23-24,26-27,30,32H,8-9,11,14-15,17,19,21-22H2,1-7H3,(H,43,50)(H,44,47)(H,45,49);1-2H3;3*1H/b12-10-;;;;/t23-,24-,26-,27-,30+,32+,40-;;;;/m1..../s1. The van der Waals surface area contributed by atoms with Crippen LogP contribution in [0, 0.1) is 23.6 Å². The zero-order chi connectivity index (χ0) is 42.8. The Kier molecular flexibility index (Phi) is 13.4. The molecule has 3 N–H and O–H groups in total. The average molecular weight is 836 g/mol. The van der Waals surface area contributed by atoms with E-state index in [2.05, 4.69) is 27.3 Å². The van der Waals surface area contributed by atoms with Gasteiger partial charge >= 0.3 is 6.09 Å².